The molecule has 0 spiro atoms. The van der Waals surface area contributed by atoms with Crippen molar-refractivity contribution in [3.8, 4) is 5.75 Å². The Hall–Kier alpha value is -1.78. The summed E-state index contributed by atoms with van der Waals surface area (Å²) in [4.78, 5) is 10.3. The van der Waals surface area contributed by atoms with E-state index in [9.17, 15) is 10.1 Å². The van der Waals surface area contributed by atoms with E-state index >= 15 is 0 Å². The van der Waals surface area contributed by atoms with Crippen LogP contribution in [-0.4, -0.2) is 4.92 Å². The smallest absolute Gasteiger partial charge is 0.288 e. The fourth-order valence-electron chi connectivity index (χ4n) is 1.68. The van der Waals surface area contributed by atoms with Crippen LogP contribution in [0.1, 0.15) is 11.1 Å². The van der Waals surface area contributed by atoms with Crippen LogP contribution in [-0.2, 0) is 6.61 Å². The second-order valence-electron chi connectivity index (χ2n) is 4.24. The molecule has 0 aromatic heterocycles. The van der Waals surface area contributed by atoms with E-state index in [1.165, 1.54) is 12.1 Å². The second-order valence-corrected chi connectivity index (χ2v) is 5.09. The van der Waals surface area contributed by atoms with E-state index in [-0.39, 0.29) is 17.3 Å². The van der Waals surface area contributed by atoms with Gasteiger partial charge in [-0.15, -0.1) is 0 Å². The van der Waals surface area contributed by atoms with Crippen molar-refractivity contribution in [2.45, 2.75) is 13.5 Å². The Morgan fingerprint density at radius 1 is 1.20 bits per heavy atom. The first-order valence-corrected chi connectivity index (χ1v) is 6.55. The summed E-state index contributed by atoms with van der Waals surface area (Å²) in [6.07, 6.45) is 0. The predicted molar refractivity (Wildman–Crippen MR) is 78.6 cm³/mol. The third kappa shape index (κ3) is 3.40. The van der Waals surface area contributed by atoms with Crippen LogP contribution < -0.4 is 4.74 Å². The average molecular weight is 312 g/mol. The van der Waals surface area contributed by atoms with E-state index in [1.54, 1.807) is 18.2 Å². The molecular weight excluding hydrogens is 301 g/mol. The van der Waals surface area contributed by atoms with Crippen molar-refractivity contribution in [3.63, 3.8) is 0 Å². The normalized spacial score (nSPS) is 10.3. The maximum absolute atomic E-state index is 10.8. The number of rotatable bonds is 4. The van der Waals surface area contributed by atoms with Gasteiger partial charge in [-0.2, -0.15) is 0 Å². The molecule has 2 aromatic carbocycles. The maximum atomic E-state index is 10.8. The first kappa shape index (κ1) is 14.6. The van der Waals surface area contributed by atoms with E-state index in [0.29, 0.717) is 16.3 Å². The molecule has 104 valence electrons. The summed E-state index contributed by atoms with van der Waals surface area (Å²) in [6, 6.07) is 9.92. The Morgan fingerprint density at radius 2 is 1.95 bits per heavy atom. The predicted octanol–water partition coefficient (Wildman–Crippen LogP) is 4.79. The summed E-state index contributed by atoms with van der Waals surface area (Å²) in [5.74, 6) is 0.648. The first-order valence-electron chi connectivity index (χ1n) is 5.79. The van der Waals surface area contributed by atoms with Gasteiger partial charge >= 0.3 is 0 Å². The van der Waals surface area contributed by atoms with Crippen LogP contribution in [0.3, 0.4) is 0 Å². The van der Waals surface area contributed by atoms with Gasteiger partial charge in [0.25, 0.3) is 5.69 Å². The minimum absolute atomic E-state index is 0.109. The minimum atomic E-state index is -0.517. The summed E-state index contributed by atoms with van der Waals surface area (Å²) in [5.41, 5.74) is 1.48. The van der Waals surface area contributed by atoms with Gasteiger partial charge < -0.3 is 4.74 Å². The van der Waals surface area contributed by atoms with Crippen molar-refractivity contribution in [3.05, 3.63) is 67.7 Å². The molecule has 0 aliphatic heterocycles. The number of aryl methyl sites for hydroxylation is 1. The lowest BCUT2D eigenvalue weighted by Gasteiger charge is -2.09. The quantitative estimate of drug-likeness (QED) is 0.602. The van der Waals surface area contributed by atoms with Gasteiger partial charge in [-0.1, -0.05) is 35.3 Å². The van der Waals surface area contributed by atoms with Crippen molar-refractivity contribution in [1.29, 1.82) is 0 Å². The van der Waals surface area contributed by atoms with Gasteiger partial charge in [-0.3, -0.25) is 10.1 Å². The molecule has 0 amide bonds. The zero-order chi connectivity index (χ0) is 14.7. The monoisotopic (exact) mass is 311 g/mol. The lowest BCUT2D eigenvalue weighted by molar-refractivity contribution is -0.384. The highest BCUT2D eigenvalue weighted by Crippen LogP contribution is 2.27. The largest absolute Gasteiger partial charge is 0.489 e. The maximum Gasteiger partial charge on any atom is 0.288 e. The average Bonchev–Trinajstić information content (AvgIpc) is 2.41. The molecule has 0 saturated carbocycles. The van der Waals surface area contributed by atoms with Crippen LogP contribution in [0, 0.1) is 17.0 Å². The summed E-state index contributed by atoms with van der Waals surface area (Å²) in [7, 11) is 0. The molecule has 0 unspecified atom stereocenters. The Labute approximate surface area is 126 Å². The van der Waals surface area contributed by atoms with E-state index < -0.39 is 4.92 Å². The number of benzene rings is 2. The first-order chi connectivity index (χ1) is 9.47. The van der Waals surface area contributed by atoms with Crippen LogP contribution in [0.5, 0.6) is 5.75 Å². The Kier molecular flexibility index (Phi) is 4.47. The fourth-order valence-corrected chi connectivity index (χ4v) is 2.03. The standard InChI is InChI=1S/C14H11Cl2NO3/c1-9-2-4-11(15)7-14(9)20-8-10-3-5-12(16)13(6-10)17(18)19/h2-7H,8H2,1H3. The molecule has 6 heteroatoms. The van der Waals surface area contributed by atoms with E-state index in [0.717, 1.165) is 5.56 Å². The van der Waals surface area contributed by atoms with Gasteiger partial charge in [0.2, 0.25) is 0 Å². The highest BCUT2D eigenvalue weighted by molar-refractivity contribution is 6.32. The third-order valence-corrected chi connectivity index (χ3v) is 3.31. The molecule has 2 aromatic rings. The lowest BCUT2D eigenvalue weighted by Crippen LogP contribution is -1.98. The van der Waals surface area contributed by atoms with Crippen molar-refractivity contribution in [1.82, 2.24) is 0 Å². The van der Waals surface area contributed by atoms with Crippen molar-refractivity contribution in [2.24, 2.45) is 0 Å². The van der Waals surface area contributed by atoms with Gasteiger partial charge in [-0.25, -0.2) is 0 Å². The molecule has 0 bridgehead atoms. The van der Waals surface area contributed by atoms with Crippen molar-refractivity contribution in [2.75, 3.05) is 0 Å². The van der Waals surface area contributed by atoms with Crippen LogP contribution >= 0.6 is 23.2 Å². The molecule has 4 nitrogen and oxygen atoms in total. The zero-order valence-corrected chi connectivity index (χ0v) is 12.1. The molecule has 0 N–H and O–H groups in total. The molecule has 0 aliphatic rings. The van der Waals surface area contributed by atoms with Crippen molar-refractivity contribution < 1.29 is 9.66 Å². The number of hydrogen-bond acceptors (Lipinski definition) is 3. The molecule has 20 heavy (non-hydrogen) atoms. The van der Waals surface area contributed by atoms with E-state index in [2.05, 4.69) is 0 Å². The molecular formula is C14H11Cl2NO3. The zero-order valence-electron chi connectivity index (χ0n) is 10.6. The van der Waals surface area contributed by atoms with Crippen LogP contribution in [0.15, 0.2) is 36.4 Å². The molecule has 0 fully saturated rings. The summed E-state index contributed by atoms with van der Waals surface area (Å²) >= 11 is 11.7. The number of halogens is 2. The van der Waals surface area contributed by atoms with Gasteiger partial charge in [0.05, 0.1) is 4.92 Å². The fraction of sp³-hybridized carbons (Fsp3) is 0.143. The third-order valence-electron chi connectivity index (χ3n) is 2.75. The van der Waals surface area contributed by atoms with Gasteiger partial charge in [0, 0.05) is 11.1 Å². The molecule has 0 radical (unpaired) electrons. The van der Waals surface area contributed by atoms with Gasteiger partial charge in [-0.05, 0) is 36.2 Å². The molecule has 0 saturated heterocycles. The van der Waals surface area contributed by atoms with E-state index in [4.69, 9.17) is 27.9 Å². The highest BCUT2D eigenvalue weighted by atomic mass is 35.5. The van der Waals surface area contributed by atoms with Gasteiger partial charge in [0.15, 0.2) is 0 Å². The lowest BCUT2D eigenvalue weighted by atomic mass is 10.2. The second kappa shape index (κ2) is 6.11. The Morgan fingerprint density at radius 3 is 2.65 bits per heavy atom. The van der Waals surface area contributed by atoms with E-state index in [1.807, 2.05) is 13.0 Å². The molecule has 2 rings (SSSR count). The minimum Gasteiger partial charge on any atom is -0.489 e. The van der Waals surface area contributed by atoms with Crippen LogP contribution in [0.25, 0.3) is 0 Å². The Balaban J connectivity index is 2.17. The van der Waals surface area contributed by atoms with Crippen molar-refractivity contribution >= 4 is 28.9 Å². The topological polar surface area (TPSA) is 52.4 Å². The summed E-state index contributed by atoms with van der Waals surface area (Å²) in [6.45, 7) is 2.11. The number of nitro benzene ring substituents is 1. The highest BCUT2D eigenvalue weighted by Gasteiger charge is 2.13. The molecule has 0 aliphatic carbocycles. The molecule has 0 atom stereocenters. The molecule has 0 heterocycles. The van der Waals surface area contributed by atoms with Crippen LogP contribution in [0.4, 0.5) is 5.69 Å². The summed E-state index contributed by atoms with van der Waals surface area (Å²) < 4.78 is 5.63. The van der Waals surface area contributed by atoms with Crippen LogP contribution in [0.2, 0.25) is 10.0 Å². The Bertz CT molecular complexity index is 659. The SMILES string of the molecule is Cc1ccc(Cl)cc1OCc1ccc(Cl)c([N+](=O)[O-])c1. The number of hydrogen-bond donors (Lipinski definition) is 0. The number of nitro groups is 1. The number of nitrogens with zero attached hydrogens (tertiary/aromatic N) is 1. The number of ether oxygens (including phenoxy) is 1. The summed E-state index contributed by atoms with van der Waals surface area (Å²) in [5, 5.41) is 11.5. The van der Waals surface area contributed by atoms with Gasteiger partial charge in [0.1, 0.15) is 17.4 Å².